The molecule has 7 nitrogen and oxygen atoms in total. The summed E-state index contributed by atoms with van der Waals surface area (Å²) in [5.74, 6) is 0.982. The molecule has 0 fully saturated rings. The number of phenols is 1. The number of hydrogen-bond acceptors (Lipinski definition) is 5. The van der Waals surface area contributed by atoms with Gasteiger partial charge in [0, 0.05) is 32.3 Å². The number of nitrogens with zero attached hydrogens (tertiary/aromatic N) is 4. The Hall–Kier alpha value is -3.35. The van der Waals surface area contributed by atoms with E-state index in [0.29, 0.717) is 31.8 Å². The number of phenolic OH excluding ortho intramolecular Hbond substituents is 1. The molecule has 3 heterocycles. The summed E-state index contributed by atoms with van der Waals surface area (Å²) in [6, 6.07) is 7.22. The van der Waals surface area contributed by atoms with Gasteiger partial charge in [-0.15, -0.1) is 5.10 Å². The van der Waals surface area contributed by atoms with Gasteiger partial charge in [-0.05, 0) is 61.1 Å². The fourth-order valence-electron chi connectivity index (χ4n) is 4.33. The van der Waals surface area contributed by atoms with Crippen LogP contribution in [0.15, 0.2) is 30.3 Å². The van der Waals surface area contributed by atoms with Gasteiger partial charge in [-0.2, -0.15) is 0 Å². The number of rotatable bonds is 5. The Balaban J connectivity index is 1.46. The van der Waals surface area contributed by atoms with E-state index in [1.165, 1.54) is 5.57 Å². The summed E-state index contributed by atoms with van der Waals surface area (Å²) >= 11 is 0. The molecule has 0 atom stereocenters. The zero-order chi connectivity index (χ0) is 22.1. The van der Waals surface area contributed by atoms with E-state index in [0.717, 1.165) is 39.8 Å². The van der Waals surface area contributed by atoms with Crippen LogP contribution in [0.3, 0.4) is 0 Å². The van der Waals surface area contributed by atoms with E-state index in [9.17, 15) is 9.90 Å². The average molecular weight is 421 g/mol. The molecule has 3 aromatic rings. The van der Waals surface area contributed by atoms with Gasteiger partial charge in [0.05, 0.1) is 12.5 Å². The number of carbonyl (C=O) groups excluding carboxylic acids is 1. The monoisotopic (exact) mass is 420 g/mol. The third-order valence-electron chi connectivity index (χ3n) is 6.10. The molecule has 0 saturated carbocycles. The number of benzene rings is 1. The molecule has 1 aliphatic rings. The van der Waals surface area contributed by atoms with Gasteiger partial charge in [0.15, 0.2) is 5.65 Å². The van der Waals surface area contributed by atoms with Crippen LogP contribution in [0.1, 0.15) is 35.2 Å². The summed E-state index contributed by atoms with van der Waals surface area (Å²) < 4.78 is 7.16. The van der Waals surface area contributed by atoms with E-state index in [2.05, 4.69) is 18.1 Å². The van der Waals surface area contributed by atoms with Crippen LogP contribution in [-0.4, -0.2) is 50.9 Å². The minimum Gasteiger partial charge on any atom is -0.508 e. The minimum atomic E-state index is 0.151. The number of fused-ring (bicyclic) bond motifs is 1. The fourth-order valence-corrected chi connectivity index (χ4v) is 4.33. The van der Waals surface area contributed by atoms with Crippen LogP contribution in [0, 0.1) is 13.8 Å². The third-order valence-corrected chi connectivity index (χ3v) is 6.10. The van der Waals surface area contributed by atoms with Crippen molar-refractivity contribution in [3.63, 3.8) is 0 Å². The molecule has 0 spiro atoms. The molecule has 7 heteroatoms. The van der Waals surface area contributed by atoms with Gasteiger partial charge < -0.3 is 14.7 Å². The molecule has 0 bridgehead atoms. The molecule has 162 valence electrons. The lowest BCUT2D eigenvalue weighted by molar-refractivity contribution is -0.130. The summed E-state index contributed by atoms with van der Waals surface area (Å²) in [6.07, 6.45) is 4.01. The highest BCUT2D eigenvalue weighted by molar-refractivity contribution is 5.86. The van der Waals surface area contributed by atoms with Crippen molar-refractivity contribution in [1.29, 1.82) is 0 Å². The van der Waals surface area contributed by atoms with Gasteiger partial charge in [0.2, 0.25) is 11.8 Å². The van der Waals surface area contributed by atoms with E-state index in [4.69, 9.17) is 9.72 Å². The maximum atomic E-state index is 12.9. The van der Waals surface area contributed by atoms with E-state index in [-0.39, 0.29) is 11.7 Å². The van der Waals surface area contributed by atoms with Crippen LogP contribution in [0.2, 0.25) is 0 Å². The number of aryl methyl sites for hydroxylation is 3. The molecule has 31 heavy (non-hydrogen) atoms. The number of methoxy groups -OCH3 is 1. The molecule has 1 amide bonds. The van der Waals surface area contributed by atoms with E-state index >= 15 is 0 Å². The molecule has 2 aromatic heterocycles. The van der Waals surface area contributed by atoms with Crippen molar-refractivity contribution in [3.05, 3.63) is 52.7 Å². The van der Waals surface area contributed by atoms with Crippen molar-refractivity contribution in [3.8, 4) is 11.6 Å². The van der Waals surface area contributed by atoms with Crippen molar-refractivity contribution in [2.45, 2.75) is 33.1 Å². The topological polar surface area (TPSA) is 80.5 Å². The van der Waals surface area contributed by atoms with Crippen LogP contribution in [-0.2, 0) is 18.3 Å². The second-order valence-electron chi connectivity index (χ2n) is 8.00. The van der Waals surface area contributed by atoms with Gasteiger partial charge >= 0.3 is 0 Å². The second kappa shape index (κ2) is 8.41. The molecule has 1 N–H and O–H groups in total. The summed E-state index contributed by atoms with van der Waals surface area (Å²) in [6.45, 7) is 5.35. The number of pyridine rings is 1. The van der Waals surface area contributed by atoms with Crippen LogP contribution in [0.25, 0.3) is 16.6 Å². The van der Waals surface area contributed by atoms with E-state index in [1.54, 1.807) is 23.9 Å². The molecule has 0 aliphatic carbocycles. The predicted octanol–water partition coefficient (Wildman–Crippen LogP) is 3.55. The number of aromatic hydroxyl groups is 1. The Bertz CT molecular complexity index is 1160. The first-order chi connectivity index (χ1) is 14.9. The normalized spacial score (nSPS) is 14.1. The zero-order valence-electron chi connectivity index (χ0n) is 18.5. The summed E-state index contributed by atoms with van der Waals surface area (Å²) in [4.78, 5) is 19.5. The highest BCUT2D eigenvalue weighted by Crippen LogP contribution is 2.31. The Morgan fingerprint density at radius 3 is 2.61 bits per heavy atom. The lowest BCUT2D eigenvalue weighted by Crippen LogP contribution is -2.34. The summed E-state index contributed by atoms with van der Waals surface area (Å²) in [5.41, 5.74) is 6.20. The lowest BCUT2D eigenvalue weighted by atomic mass is 9.98. The average Bonchev–Trinajstić information content (AvgIpc) is 3.09. The molecule has 0 saturated heterocycles. The molecule has 1 aliphatic heterocycles. The Labute approximate surface area is 182 Å². The molecular weight excluding hydrogens is 392 g/mol. The van der Waals surface area contributed by atoms with Gasteiger partial charge in [0.25, 0.3) is 0 Å². The van der Waals surface area contributed by atoms with Gasteiger partial charge in [-0.1, -0.05) is 18.2 Å². The number of aromatic nitrogens is 3. The van der Waals surface area contributed by atoms with Crippen LogP contribution < -0.4 is 4.74 Å². The molecule has 1 aromatic carbocycles. The lowest BCUT2D eigenvalue weighted by Gasteiger charge is -2.27. The van der Waals surface area contributed by atoms with Crippen molar-refractivity contribution >= 4 is 22.5 Å². The van der Waals surface area contributed by atoms with Crippen LogP contribution in [0.4, 0.5) is 0 Å². The van der Waals surface area contributed by atoms with Crippen LogP contribution in [0.5, 0.6) is 11.6 Å². The quantitative estimate of drug-likeness (QED) is 0.683. The first kappa shape index (κ1) is 20.9. The number of carbonyl (C=O) groups is 1. The smallest absolute Gasteiger partial charge is 0.242 e. The third kappa shape index (κ3) is 4.00. The highest BCUT2D eigenvalue weighted by Gasteiger charge is 2.21. The SMILES string of the molecule is COc1nn(C)c2nc(C)c(CCC(=O)N3CC=C(c4ccc(O)cc4)CC3)c(C)c12. The first-order valence-electron chi connectivity index (χ1n) is 10.5. The number of ether oxygens (including phenoxy) is 1. The summed E-state index contributed by atoms with van der Waals surface area (Å²) in [5, 5.41) is 14.8. The number of amides is 1. The highest BCUT2D eigenvalue weighted by atomic mass is 16.5. The standard InChI is InChI=1S/C24H28N4O3/c1-15-20(16(2)25-23-22(15)24(31-4)26-27(23)3)9-10-21(30)28-13-11-18(12-14-28)17-5-7-19(29)8-6-17/h5-8,11,29H,9-10,12-14H2,1-4H3. The predicted molar refractivity (Wildman–Crippen MR) is 120 cm³/mol. The maximum Gasteiger partial charge on any atom is 0.242 e. The van der Waals surface area contributed by atoms with Gasteiger partial charge in [-0.3, -0.25) is 4.79 Å². The molecule has 0 unspecified atom stereocenters. The molecule has 4 rings (SSSR count). The zero-order valence-corrected chi connectivity index (χ0v) is 18.5. The second-order valence-corrected chi connectivity index (χ2v) is 8.00. The Morgan fingerprint density at radius 1 is 1.23 bits per heavy atom. The largest absolute Gasteiger partial charge is 0.508 e. The molecular formula is C24H28N4O3. The molecule has 0 radical (unpaired) electrons. The van der Waals surface area contributed by atoms with Crippen LogP contribution >= 0.6 is 0 Å². The Kier molecular flexibility index (Phi) is 5.67. The van der Waals surface area contributed by atoms with Gasteiger partial charge in [-0.25, -0.2) is 9.67 Å². The van der Waals surface area contributed by atoms with E-state index < -0.39 is 0 Å². The maximum absolute atomic E-state index is 12.9. The van der Waals surface area contributed by atoms with Crippen molar-refractivity contribution in [1.82, 2.24) is 19.7 Å². The van der Waals surface area contributed by atoms with Crippen molar-refractivity contribution in [2.75, 3.05) is 20.2 Å². The van der Waals surface area contributed by atoms with Gasteiger partial charge in [0.1, 0.15) is 5.75 Å². The Morgan fingerprint density at radius 2 is 1.97 bits per heavy atom. The first-order valence-corrected chi connectivity index (χ1v) is 10.5. The summed E-state index contributed by atoms with van der Waals surface area (Å²) in [7, 11) is 3.47. The fraction of sp³-hybridized carbons (Fsp3) is 0.375. The van der Waals surface area contributed by atoms with Crippen molar-refractivity contribution < 1.29 is 14.6 Å². The number of hydrogen-bond donors (Lipinski definition) is 1. The minimum absolute atomic E-state index is 0.151. The van der Waals surface area contributed by atoms with Crippen molar-refractivity contribution in [2.24, 2.45) is 7.05 Å². The van der Waals surface area contributed by atoms with E-state index in [1.807, 2.05) is 31.0 Å².